The van der Waals surface area contributed by atoms with Crippen molar-refractivity contribution < 1.29 is 4.42 Å². The molecule has 0 amide bonds. The minimum absolute atomic E-state index is 0.880. The van der Waals surface area contributed by atoms with Crippen molar-refractivity contribution in [1.29, 1.82) is 0 Å². The van der Waals surface area contributed by atoms with Gasteiger partial charge >= 0.3 is 0 Å². The molecule has 2 heterocycles. The van der Waals surface area contributed by atoms with Gasteiger partial charge in [-0.25, -0.2) is 0 Å². The largest absolute Gasteiger partial charge is 0.454 e. The summed E-state index contributed by atoms with van der Waals surface area (Å²) in [6.07, 6.45) is 0. The summed E-state index contributed by atoms with van der Waals surface area (Å²) >= 11 is 0. The first kappa shape index (κ1) is 26.0. The number of fused-ring (bicyclic) bond motifs is 10. The van der Waals surface area contributed by atoms with E-state index in [1.807, 2.05) is 0 Å². The van der Waals surface area contributed by atoms with E-state index in [2.05, 4.69) is 179 Å². The number of rotatable bonds is 4. The zero-order valence-corrected chi connectivity index (χ0v) is 25.5. The van der Waals surface area contributed by atoms with E-state index in [-0.39, 0.29) is 0 Å². The van der Waals surface area contributed by atoms with Crippen molar-refractivity contribution in [2.45, 2.75) is 0 Å². The molecule has 2 aromatic heterocycles. The summed E-state index contributed by atoms with van der Waals surface area (Å²) in [7, 11) is 0. The third-order valence-corrected chi connectivity index (χ3v) is 9.52. The van der Waals surface area contributed by atoms with Crippen LogP contribution in [0.1, 0.15) is 0 Å². The molecule has 0 fully saturated rings. The Hall–Kier alpha value is -6.32. The predicted molar refractivity (Wildman–Crippen MR) is 198 cm³/mol. The van der Waals surface area contributed by atoms with E-state index in [0.29, 0.717) is 0 Å². The Labute approximate surface area is 271 Å². The van der Waals surface area contributed by atoms with E-state index >= 15 is 0 Å². The van der Waals surface area contributed by atoms with E-state index in [0.717, 1.165) is 44.7 Å². The van der Waals surface area contributed by atoms with Crippen LogP contribution in [0.25, 0.3) is 71.0 Å². The van der Waals surface area contributed by atoms with Crippen LogP contribution >= 0.6 is 0 Å². The minimum atomic E-state index is 0.880. The molecule has 3 nitrogen and oxygen atoms in total. The summed E-state index contributed by atoms with van der Waals surface area (Å²) in [4.78, 5) is 2.35. The standard InChI is InChI=1S/C44H28N2O/c1-3-15-31(16-4-1)45(33-24-25-39-37(28-33)36-21-11-12-22-38(36)46(39)32-17-5-2-6-18-32)40-27-30-14-8-10-20-35(30)43-42-34-19-9-7-13-29(34)23-26-41(42)47-44(40)43/h1-28H. The molecule has 0 spiro atoms. The van der Waals surface area contributed by atoms with Crippen LogP contribution in [0.2, 0.25) is 0 Å². The predicted octanol–water partition coefficient (Wildman–Crippen LogP) is 12.5. The summed E-state index contributed by atoms with van der Waals surface area (Å²) in [5.74, 6) is 0. The molecule has 47 heavy (non-hydrogen) atoms. The van der Waals surface area contributed by atoms with Gasteiger partial charge in [-0.3, -0.25) is 0 Å². The maximum Gasteiger partial charge on any atom is 0.160 e. The number of anilines is 3. The van der Waals surface area contributed by atoms with Gasteiger partial charge in [0.2, 0.25) is 0 Å². The molecule has 0 radical (unpaired) electrons. The lowest BCUT2D eigenvalue weighted by molar-refractivity contribution is 0.669. The van der Waals surface area contributed by atoms with Crippen LogP contribution in [-0.4, -0.2) is 4.57 Å². The van der Waals surface area contributed by atoms with E-state index in [9.17, 15) is 0 Å². The van der Waals surface area contributed by atoms with Crippen molar-refractivity contribution in [1.82, 2.24) is 4.57 Å². The van der Waals surface area contributed by atoms with Crippen molar-refractivity contribution in [2.75, 3.05) is 4.90 Å². The van der Waals surface area contributed by atoms with Gasteiger partial charge in [-0.2, -0.15) is 0 Å². The number of hydrogen-bond donors (Lipinski definition) is 0. The molecular weight excluding hydrogens is 572 g/mol. The highest BCUT2D eigenvalue weighted by Crippen LogP contribution is 2.47. The molecule has 3 heteroatoms. The Morgan fingerprint density at radius 3 is 1.87 bits per heavy atom. The number of benzene rings is 8. The molecule has 220 valence electrons. The van der Waals surface area contributed by atoms with E-state index in [1.165, 1.54) is 43.4 Å². The quantitative estimate of drug-likeness (QED) is 0.200. The second-order valence-corrected chi connectivity index (χ2v) is 12.1. The summed E-state index contributed by atoms with van der Waals surface area (Å²) in [5.41, 5.74) is 8.44. The lowest BCUT2D eigenvalue weighted by Gasteiger charge is -2.26. The number of para-hydroxylation sites is 3. The van der Waals surface area contributed by atoms with Crippen LogP contribution in [0.4, 0.5) is 17.1 Å². The van der Waals surface area contributed by atoms with Gasteiger partial charge in [-0.1, -0.05) is 109 Å². The van der Waals surface area contributed by atoms with Gasteiger partial charge in [0, 0.05) is 38.6 Å². The van der Waals surface area contributed by atoms with E-state index in [1.54, 1.807) is 0 Å². The van der Waals surface area contributed by atoms with Gasteiger partial charge in [0.05, 0.1) is 16.7 Å². The molecule has 8 aromatic carbocycles. The van der Waals surface area contributed by atoms with E-state index in [4.69, 9.17) is 4.42 Å². The summed E-state index contributed by atoms with van der Waals surface area (Å²) in [5, 5.41) is 9.50. The van der Waals surface area contributed by atoms with Crippen LogP contribution in [0.3, 0.4) is 0 Å². The maximum atomic E-state index is 6.90. The maximum absolute atomic E-state index is 6.90. The third-order valence-electron chi connectivity index (χ3n) is 9.52. The van der Waals surface area contributed by atoms with Crippen LogP contribution in [0, 0.1) is 0 Å². The molecule has 0 aliphatic rings. The molecule has 0 aliphatic carbocycles. The second-order valence-electron chi connectivity index (χ2n) is 12.1. The fraction of sp³-hybridized carbons (Fsp3) is 0. The molecular formula is C44H28N2O. The molecule has 10 rings (SSSR count). The number of aromatic nitrogens is 1. The first-order valence-corrected chi connectivity index (χ1v) is 16.0. The Morgan fingerprint density at radius 1 is 0.426 bits per heavy atom. The Morgan fingerprint density at radius 2 is 1.06 bits per heavy atom. The van der Waals surface area contributed by atoms with Crippen LogP contribution in [0.15, 0.2) is 174 Å². The first-order valence-electron chi connectivity index (χ1n) is 16.0. The number of hydrogen-bond acceptors (Lipinski definition) is 2. The Kier molecular flexibility index (Phi) is 5.57. The highest BCUT2D eigenvalue weighted by molar-refractivity contribution is 6.29. The van der Waals surface area contributed by atoms with Crippen LogP contribution in [0.5, 0.6) is 0 Å². The van der Waals surface area contributed by atoms with Gasteiger partial charge in [0.25, 0.3) is 0 Å². The molecule has 0 atom stereocenters. The summed E-state index contributed by atoms with van der Waals surface area (Å²) in [6.45, 7) is 0. The first-order chi connectivity index (χ1) is 23.3. The molecule has 0 bridgehead atoms. The van der Waals surface area contributed by atoms with Gasteiger partial charge < -0.3 is 13.9 Å². The van der Waals surface area contributed by atoms with Crippen molar-refractivity contribution in [3.63, 3.8) is 0 Å². The lowest BCUT2D eigenvalue weighted by atomic mass is 9.98. The molecule has 0 saturated carbocycles. The average Bonchev–Trinajstić information content (AvgIpc) is 3.70. The van der Waals surface area contributed by atoms with Crippen molar-refractivity contribution in [2.24, 2.45) is 0 Å². The zero-order valence-electron chi connectivity index (χ0n) is 25.5. The highest BCUT2D eigenvalue weighted by atomic mass is 16.3. The summed E-state index contributed by atoms with van der Waals surface area (Å²) in [6, 6.07) is 60.6. The van der Waals surface area contributed by atoms with Crippen LogP contribution < -0.4 is 4.90 Å². The van der Waals surface area contributed by atoms with Crippen molar-refractivity contribution in [3.8, 4) is 5.69 Å². The second kappa shape index (κ2) is 10.1. The molecule has 0 aliphatic heterocycles. The Balaban J connectivity index is 1.31. The van der Waals surface area contributed by atoms with Gasteiger partial charge in [-0.15, -0.1) is 0 Å². The van der Waals surface area contributed by atoms with Gasteiger partial charge in [0.1, 0.15) is 5.58 Å². The van der Waals surface area contributed by atoms with Gasteiger partial charge in [0.15, 0.2) is 5.58 Å². The van der Waals surface area contributed by atoms with Crippen molar-refractivity contribution >= 4 is 82.4 Å². The third kappa shape index (κ3) is 3.87. The fourth-order valence-corrected chi connectivity index (χ4v) is 7.50. The smallest absolute Gasteiger partial charge is 0.160 e. The average molecular weight is 601 g/mol. The normalized spacial score (nSPS) is 11.8. The molecule has 0 saturated heterocycles. The number of furan rings is 1. The molecule has 0 unspecified atom stereocenters. The highest BCUT2D eigenvalue weighted by Gasteiger charge is 2.23. The molecule has 0 N–H and O–H groups in total. The SMILES string of the molecule is c1ccc(N(c2ccc3c(c2)c2ccccc2n3-c2ccccc2)c2cc3ccccc3c3c2oc2ccc4ccccc4c23)cc1. The number of nitrogens with zero attached hydrogens (tertiary/aromatic N) is 2. The lowest BCUT2D eigenvalue weighted by Crippen LogP contribution is -2.10. The van der Waals surface area contributed by atoms with Crippen molar-refractivity contribution in [3.05, 3.63) is 170 Å². The topological polar surface area (TPSA) is 21.3 Å². The monoisotopic (exact) mass is 600 g/mol. The Bertz CT molecular complexity index is 2790. The van der Waals surface area contributed by atoms with Crippen LogP contribution in [-0.2, 0) is 0 Å². The fourth-order valence-electron chi connectivity index (χ4n) is 7.50. The van der Waals surface area contributed by atoms with Gasteiger partial charge in [-0.05, 0) is 82.2 Å². The summed E-state index contributed by atoms with van der Waals surface area (Å²) < 4.78 is 9.26. The molecule has 10 aromatic rings. The van der Waals surface area contributed by atoms with E-state index < -0.39 is 0 Å². The minimum Gasteiger partial charge on any atom is -0.454 e. The zero-order chi connectivity index (χ0) is 30.9.